The second-order valence-corrected chi connectivity index (χ2v) is 13.9. The van der Waals surface area contributed by atoms with Crippen LogP contribution in [0.4, 0.5) is 0 Å². The Morgan fingerprint density at radius 1 is 0.929 bits per heavy atom. The zero-order valence-electron chi connectivity index (χ0n) is 18.4. The van der Waals surface area contributed by atoms with Crippen LogP contribution in [0.1, 0.15) is 42.0 Å². The lowest BCUT2D eigenvalue weighted by molar-refractivity contribution is -0.659. The Morgan fingerprint density at radius 2 is 1.64 bits per heavy atom. The van der Waals surface area contributed by atoms with Crippen molar-refractivity contribution in [3.05, 3.63) is 58.8 Å². The standard InChI is InChI=1S/C26H34NSi/c1-7-21-17-25(20(4)18(2)19(21)3)26-24-11-10-23(28(6)14-8-9-15-28)16-22(24)12-13-27(26)5/h10-13,16-17H,7-9,14-15H2,1-6H3/q+1. The second kappa shape index (κ2) is 7.15. The Kier molecular flexibility index (Phi) is 4.95. The molecule has 2 heterocycles. The Labute approximate surface area is 171 Å². The molecule has 2 aromatic carbocycles. The van der Waals surface area contributed by atoms with Gasteiger partial charge in [-0.05, 0) is 67.0 Å². The van der Waals surface area contributed by atoms with Crippen LogP contribution in [0.3, 0.4) is 0 Å². The van der Waals surface area contributed by atoms with E-state index in [2.05, 4.69) is 82.4 Å². The summed E-state index contributed by atoms with van der Waals surface area (Å²) in [5.74, 6) is 0. The summed E-state index contributed by atoms with van der Waals surface area (Å²) in [7, 11) is 0.952. The quantitative estimate of drug-likeness (QED) is 0.388. The monoisotopic (exact) mass is 388 g/mol. The van der Waals surface area contributed by atoms with Gasteiger partial charge in [-0.15, -0.1) is 0 Å². The van der Waals surface area contributed by atoms with Gasteiger partial charge in [0.25, 0.3) is 0 Å². The third-order valence-electron chi connectivity index (χ3n) is 7.51. The van der Waals surface area contributed by atoms with Gasteiger partial charge in [0.05, 0.1) is 19.0 Å². The Morgan fingerprint density at radius 3 is 2.32 bits per heavy atom. The van der Waals surface area contributed by atoms with Crippen molar-refractivity contribution in [1.82, 2.24) is 0 Å². The first-order valence-electron chi connectivity index (χ1n) is 10.9. The molecule has 0 aliphatic carbocycles. The molecule has 0 saturated carbocycles. The van der Waals surface area contributed by atoms with Crippen LogP contribution < -0.4 is 9.75 Å². The van der Waals surface area contributed by atoms with Crippen LogP contribution in [0.2, 0.25) is 18.6 Å². The Bertz CT molecular complexity index is 1060. The van der Waals surface area contributed by atoms with E-state index in [1.54, 1.807) is 5.19 Å². The summed E-state index contributed by atoms with van der Waals surface area (Å²) < 4.78 is 2.31. The molecule has 0 amide bonds. The van der Waals surface area contributed by atoms with E-state index in [9.17, 15) is 0 Å². The minimum absolute atomic E-state index is 1.09. The maximum Gasteiger partial charge on any atom is 0.220 e. The number of benzene rings is 2. The van der Waals surface area contributed by atoms with E-state index in [4.69, 9.17) is 0 Å². The summed E-state index contributed by atoms with van der Waals surface area (Å²) in [6, 6.07) is 15.1. The number of hydrogen-bond donors (Lipinski definition) is 0. The molecular weight excluding hydrogens is 354 g/mol. The number of pyridine rings is 1. The highest BCUT2D eigenvalue weighted by Crippen LogP contribution is 2.34. The third kappa shape index (κ3) is 3.02. The van der Waals surface area contributed by atoms with Crippen LogP contribution in [0, 0.1) is 20.8 Å². The predicted molar refractivity (Wildman–Crippen MR) is 124 cm³/mol. The zero-order valence-corrected chi connectivity index (χ0v) is 19.4. The average Bonchev–Trinajstić information content (AvgIpc) is 3.14. The van der Waals surface area contributed by atoms with Crippen LogP contribution in [-0.2, 0) is 13.5 Å². The van der Waals surface area contributed by atoms with Gasteiger partial charge in [0.2, 0.25) is 5.69 Å². The molecule has 2 heteroatoms. The lowest BCUT2D eigenvalue weighted by Crippen LogP contribution is -2.41. The minimum Gasteiger partial charge on any atom is -0.200 e. The van der Waals surface area contributed by atoms with Crippen LogP contribution in [-0.4, -0.2) is 8.07 Å². The number of rotatable bonds is 3. The minimum atomic E-state index is -1.24. The topological polar surface area (TPSA) is 3.88 Å². The molecule has 1 saturated heterocycles. The van der Waals surface area contributed by atoms with Crippen LogP contribution >= 0.6 is 0 Å². The van der Waals surface area contributed by atoms with Gasteiger partial charge in [-0.3, -0.25) is 0 Å². The first-order valence-corrected chi connectivity index (χ1v) is 13.8. The number of aromatic nitrogens is 1. The van der Waals surface area contributed by atoms with E-state index in [1.165, 1.54) is 69.2 Å². The molecule has 0 N–H and O–H groups in total. The molecule has 0 spiro atoms. The van der Waals surface area contributed by atoms with Crippen molar-refractivity contribution in [2.45, 2.75) is 65.6 Å². The third-order valence-corrected chi connectivity index (χ3v) is 12.1. The predicted octanol–water partition coefficient (Wildman–Crippen LogP) is 5.90. The fraction of sp³-hybridized carbons (Fsp3) is 0.423. The summed E-state index contributed by atoms with van der Waals surface area (Å²) in [5, 5.41) is 4.45. The molecule has 0 bridgehead atoms. The normalized spacial score (nSPS) is 16.1. The number of hydrogen-bond acceptors (Lipinski definition) is 0. The van der Waals surface area contributed by atoms with E-state index in [1.807, 2.05) is 0 Å². The van der Waals surface area contributed by atoms with Crippen molar-refractivity contribution in [3.63, 3.8) is 0 Å². The molecule has 3 aromatic rings. The van der Waals surface area contributed by atoms with Crippen molar-refractivity contribution in [2.75, 3.05) is 0 Å². The van der Waals surface area contributed by atoms with Gasteiger partial charge in [0.1, 0.15) is 7.05 Å². The van der Waals surface area contributed by atoms with Gasteiger partial charge in [-0.25, -0.2) is 4.57 Å². The smallest absolute Gasteiger partial charge is 0.200 e. The second-order valence-electron chi connectivity index (χ2n) is 9.16. The highest BCUT2D eigenvalue weighted by Gasteiger charge is 2.33. The van der Waals surface area contributed by atoms with Crippen molar-refractivity contribution < 1.29 is 4.57 Å². The van der Waals surface area contributed by atoms with Gasteiger partial charge < -0.3 is 0 Å². The Hall–Kier alpha value is -1.93. The lowest BCUT2D eigenvalue weighted by atomic mass is 9.90. The van der Waals surface area contributed by atoms with Gasteiger partial charge in [-0.1, -0.05) is 55.7 Å². The van der Waals surface area contributed by atoms with Crippen LogP contribution in [0.15, 0.2) is 36.5 Å². The van der Waals surface area contributed by atoms with Crippen molar-refractivity contribution >= 4 is 24.0 Å². The van der Waals surface area contributed by atoms with Gasteiger partial charge in [0.15, 0.2) is 6.20 Å². The van der Waals surface area contributed by atoms with Crippen LogP contribution in [0.25, 0.3) is 22.0 Å². The molecule has 1 aliphatic rings. The fourth-order valence-corrected chi connectivity index (χ4v) is 9.13. The molecule has 28 heavy (non-hydrogen) atoms. The molecule has 1 fully saturated rings. The SMILES string of the molecule is CCc1cc(-c2c3ccc([Si]4(C)CCCC4)cc3cc[n+]2C)c(C)c(C)c1C. The number of fused-ring (bicyclic) bond motifs is 1. The molecule has 1 aromatic heterocycles. The van der Waals surface area contributed by atoms with Gasteiger partial charge in [0, 0.05) is 6.07 Å². The summed E-state index contributed by atoms with van der Waals surface area (Å²) in [6.45, 7) is 11.7. The van der Waals surface area contributed by atoms with E-state index >= 15 is 0 Å². The van der Waals surface area contributed by atoms with E-state index in [0.29, 0.717) is 0 Å². The molecule has 0 radical (unpaired) electrons. The lowest BCUT2D eigenvalue weighted by Gasteiger charge is -2.22. The van der Waals surface area contributed by atoms with Gasteiger partial charge >= 0.3 is 0 Å². The fourth-order valence-electron chi connectivity index (χ4n) is 5.26. The maximum atomic E-state index is 2.59. The molecule has 0 unspecified atom stereocenters. The first-order chi connectivity index (χ1) is 13.4. The average molecular weight is 389 g/mol. The van der Waals surface area contributed by atoms with Crippen molar-refractivity contribution in [2.24, 2.45) is 7.05 Å². The largest absolute Gasteiger partial charge is 0.220 e. The highest BCUT2D eigenvalue weighted by molar-refractivity contribution is 6.91. The maximum absolute atomic E-state index is 2.59. The molecule has 0 atom stereocenters. The van der Waals surface area contributed by atoms with E-state index in [-0.39, 0.29) is 0 Å². The number of aryl methyl sites for hydroxylation is 2. The number of nitrogens with zero attached hydrogens (tertiary/aromatic N) is 1. The summed E-state index contributed by atoms with van der Waals surface area (Å²) >= 11 is 0. The van der Waals surface area contributed by atoms with Crippen molar-refractivity contribution in [1.29, 1.82) is 0 Å². The van der Waals surface area contributed by atoms with Crippen LogP contribution in [0.5, 0.6) is 0 Å². The summed E-state index contributed by atoms with van der Waals surface area (Å²) in [4.78, 5) is 0. The van der Waals surface area contributed by atoms with Gasteiger partial charge in [-0.2, -0.15) is 0 Å². The molecule has 146 valence electrons. The van der Waals surface area contributed by atoms with Crippen molar-refractivity contribution in [3.8, 4) is 11.3 Å². The molecule has 1 aliphatic heterocycles. The molecule has 4 rings (SSSR count). The van der Waals surface area contributed by atoms with E-state index in [0.717, 1.165) is 6.42 Å². The highest BCUT2D eigenvalue weighted by atomic mass is 28.3. The summed E-state index contributed by atoms with van der Waals surface area (Å²) in [5.41, 5.74) is 8.53. The van der Waals surface area contributed by atoms with E-state index < -0.39 is 8.07 Å². The first kappa shape index (κ1) is 19.4. The molecular formula is C26H34NSi+. The summed E-state index contributed by atoms with van der Waals surface area (Å²) in [6.07, 6.45) is 6.19. The molecule has 1 nitrogen and oxygen atoms in total. The zero-order chi connectivity index (χ0) is 20.1. The Balaban J connectivity index is 1.95.